The molecule has 1 unspecified atom stereocenters. The molecule has 0 aromatic heterocycles. The van der Waals surface area contributed by atoms with Gasteiger partial charge in [0.1, 0.15) is 0 Å². The lowest BCUT2D eigenvalue weighted by molar-refractivity contribution is 0.276. The van der Waals surface area contributed by atoms with Gasteiger partial charge in [-0.25, -0.2) is 0 Å². The second kappa shape index (κ2) is 3.24. The van der Waals surface area contributed by atoms with Crippen LogP contribution in [0, 0.1) is 11.8 Å². The summed E-state index contributed by atoms with van der Waals surface area (Å²) in [6, 6.07) is 0. The lowest BCUT2D eigenvalue weighted by Gasteiger charge is -2.25. The Morgan fingerprint density at radius 3 is 2.56 bits per heavy atom. The zero-order valence-electron chi connectivity index (χ0n) is 6.69. The third-order valence-corrected chi connectivity index (χ3v) is 2.62. The van der Waals surface area contributed by atoms with E-state index in [0.29, 0.717) is 0 Å². The van der Waals surface area contributed by atoms with Crippen molar-refractivity contribution in [2.75, 3.05) is 0 Å². The highest BCUT2D eigenvalue weighted by molar-refractivity contribution is 4.68. The van der Waals surface area contributed by atoms with Gasteiger partial charge >= 0.3 is 0 Å². The van der Waals surface area contributed by atoms with Crippen LogP contribution in [0.4, 0.5) is 0 Å². The summed E-state index contributed by atoms with van der Waals surface area (Å²) in [6.07, 6.45) is 7.37. The van der Waals surface area contributed by atoms with Crippen molar-refractivity contribution in [1.82, 2.24) is 0 Å². The first-order chi connectivity index (χ1) is 4.33. The standard InChI is InChI=1S/C9H18/c1-3-9-6-4-5-8(2)7-9/h8-9H,3-7H2,1-2H3/t8-,9?/m1/s1. The summed E-state index contributed by atoms with van der Waals surface area (Å²) in [5.74, 6) is 2.08. The van der Waals surface area contributed by atoms with Crippen molar-refractivity contribution in [1.29, 1.82) is 0 Å². The molecular weight excluding hydrogens is 108 g/mol. The lowest BCUT2D eigenvalue weighted by Crippen LogP contribution is -2.11. The van der Waals surface area contributed by atoms with E-state index in [1.54, 1.807) is 0 Å². The van der Waals surface area contributed by atoms with Gasteiger partial charge in [0.15, 0.2) is 0 Å². The van der Waals surface area contributed by atoms with Crippen molar-refractivity contribution in [2.45, 2.75) is 46.0 Å². The average Bonchev–Trinajstić information content (AvgIpc) is 1.88. The number of hydrogen-bond acceptors (Lipinski definition) is 0. The first-order valence-electron chi connectivity index (χ1n) is 4.33. The smallest absolute Gasteiger partial charge is 0.0414 e. The first-order valence-corrected chi connectivity index (χ1v) is 4.33. The molecule has 0 N–H and O–H groups in total. The van der Waals surface area contributed by atoms with Gasteiger partial charge in [-0.1, -0.05) is 39.5 Å². The Morgan fingerprint density at radius 2 is 2.11 bits per heavy atom. The molecule has 0 radical (unpaired) electrons. The summed E-state index contributed by atoms with van der Waals surface area (Å²) in [5.41, 5.74) is 0. The van der Waals surface area contributed by atoms with Crippen LogP contribution in [0.1, 0.15) is 46.0 Å². The summed E-state index contributed by atoms with van der Waals surface area (Å²) in [6.45, 7) is 4.71. The number of hydrogen-bond donors (Lipinski definition) is 0. The number of rotatable bonds is 1. The Labute approximate surface area is 58.7 Å². The van der Waals surface area contributed by atoms with E-state index in [1.807, 2.05) is 0 Å². The quantitative estimate of drug-likeness (QED) is 0.506. The van der Waals surface area contributed by atoms with E-state index in [0.717, 1.165) is 11.8 Å². The van der Waals surface area contributed by atoms with E-state index in [2.05, 4.69) is 13.8 Å². The van der Waals surface area contributed by atoms with Crippen molar-refractivity contribution in [3.63, 3.8) is 0 Å². The van der Waals surface area contributed by atoms with Crippen molar-refractivity contribution in [2.24, 2.45) is 11.8 Å². The monoisotopic (exact) mass is 126 g/mol. The maximum Gasteiger partial charge on any atom is -0.0414 e. The van der Waals surface area contributed by atoms with Crippen LogP contribution in [0.25, 0.3) is 0 Å². The van der Waals surface area contributed by atoms with Gasteiger partial charge in [0, 0.05) is 0 Å². The van der Waals surface area contributed by atoms with Gasteiger partial charge in [0.2, 0.25) is 0 Å². The van der Waals surface area contributed by atoms with Crippen molar-refractivity contribution in [3.05, 3.63) is 0 Å². The van der Waals surface area contributed by atoms with E-state index in [9.17, 15) is 0 Å². The van der Waals surface area contributed by atoms with Crippen molar-refractivity contribution in [3.8, 4) is 0 Å². The average molecular weight is 126 g/mol. The molecule has 0 aromatic rings. The first kappa shape index (κ1) is 7.11. The van der Waals surface area contributed by atoms with Gasteiger partial charge in [-0.05, 0) is 18.3 Å². The minimum atomic E-state index is 1.02. The molecule has 0 heterocycles. The van der Waals surface area contributed by atoms with E-state index >= 15 is 0 Å². The van der Waals surface area contributed by atoms with Crippen LogP contribution in [0.15, 0.2) is 0 Å². The Kier molecular flexibility index (Phi) is 2.56. The topological polar surface area (TPSA) is 0 Å². The van der Waals surface area contributed by atoms with Crippen LogP contribution in [0.3, 0.4) is 0 Å². The Bertz CT molecular complexity index is 76.1. The van der Waals surface area contributed by atoms with E-state index in [1.165, 1.54) is 32.1 Å². The van der Waals surface area contributed by atoms with Crippen LogP contribution in [-0.4, -0.2) is 0 Å². The highest BCUT2D eigenvalue weighted by Gasteiger charge is 2.16. The summed E-state index contributed by atoms with van der Waals surface area (Å²) in [5, 5.41) is 0. The Hall–Kier alpha value is 0. The molecule has 0 saturated heterocycles. The predicted molar refractivity (Wildman–Crippen MR) is 41.4 cm³/mol. The normalized spacial score (nSPS) is 36.7. The zero-order valence-corrected chi connectivity index (χ0v) is 6.69. The predicted octanol–water partition coefficient (Wildman–Crippen LogP) is 3.22. The maximum absolute atomic E-state index is 2.39. The molecule has 1 aliphatic rings. The highest BCUT2D eigenvalue weighted by atomic mass is 14.2. The van der Waals surface area contributed by atoms with Gasteiger partial charge in [-0.2, -0.15) is 0 Å². The molecule has 0 amide bonds. The summed E-state index contributed by atoms with van der Waals surface area (Å²) in [7, 11) is 0. The summed E-state index contributed by atoms with van der Waals surface area (Å²) in [4.78, 5) is 0. The van der Waals surface area contributed by atoms with Crippen molar-refractivity contribution >= 4 is 0 Å². The largest absolute Gasteiger partial charge is 0.0651 e. The minimum absolute atomic E-state index is 1.02. The fourth-order valence-electron chi connectivity index (χ4n) is 1.93. The van der Waals surface area contributed by atoms with Gasteiger partial charge in [-0.15, -0.1) is 0 Å². The SMILES string of the molecule is CCC1CCC[C@@H](C)C1. The molecule has 2 atom stereocenters. The molecular formula is C9H18. The molecule has 0 bridgehead atoms. The van der Waals surface area contributed by atoms with Crippen molar-refractivity contribution < 1.29 is 0 Å². The molecule has 1 saturated carbocycles. The Morgan fingerprint density at radius 1 is 1.33 bits per heavy atom. The van der Waals surface area contributed by atoms with Crippen LogP contribution in [-0.2, 0) is 0 Å². The maximum atomic E-state index is 2.39. The molecule has 1 fully saturated rings. The second-order valence-corrected chi connectivity index (χ2v) is 3.55. The minimum Gasteiger partial charge on any atom is -0.0651 e. The highest BCUT2D eigenvalue weighted by Crippen LogP contribution is 2.29. The van der Waals surface area contributed by atoms with Gasteiger partial charge in [0.05, 0.1) is 0 Å². The summed E-state index contributed by atoms with van der Waals surface area (Å²) < 4.78 is 0. The molecule has 0 spiro atoms. The molecule has 0 nitrogen and oxygen atoms in total. The molecule has 0 aromatic carbocycles. The van der Waals surface area contributed by atoms with Gasteiger partial charge < -0.3 is 0 Å². The van der Waals surface area contributed by atoms with Crippen LogP contribution < -0.4 is 0 Å². The van der Waals surface area contributed by atoms with Crippen LogP contribution >= 0.6 is 0 Å². The van der Waals surface area contributed by atoms with Crippen LogP contribution in [0.5, 0.6) is 0 Å². The summed E-state index contributed by atoms with van der Waals surface area (Å²) >= 11 is 0. The second-order valence-electron chi connectivity index (χ2n) is 3.55. The van der Waals surface area contributed by atoms with E-state index in [4.69, 9.17) is 0 Å². The Balaban J connectivity index is 2.23. The van der Waals surface area contributed by atoms with E-state index in [-0.39, 0.29) is 0 Å². The molecule has 1 rings (SSSR count). The molecule has 9 heavy (non-hydrogen) atoms. The molecule has 1 aliphatic carbocycles. The third kappa shape index (κ3) is 2.00. The van der Waals surface area contributed by atoms with Gasteiger partial charge in [-0.3, -0.25) is 0 Å². The third-order valence-electron chi connectivity index (χ3n) is 2.62. The fourth-order valence-corrected chi connectivity index (χ4v) is 1.93. The molecule has 0 aliphatic heterocycles. The van der Waals surface area contributed by atoms with Gasteiger partial charge in [0.25, 0.3) is 0 Å². The lowest BCUT2D eigenvalue weighted by atomic mass is 9.81. The van der Waals surface area contributed by atoms with Crippen LogP contribution in [0.2, 0.25) is 0 Å². The molecule has 0 heteroatoms. The zero-order chi connectivity index (χ0) is 6.69. The molecule has 54 valence electrons. The van der Waals surface area contributed by atoms with E-state index < -0.39 is 0 Å². The fraction of sp³-hybridized carbons (Fsp3) is 1.00.